The van der Waals surface area contributed by atoms with Crippen LogP contribution in [0.15, 0.2) is 0 Å². The van der Waals surface area contributed by atoms with Gasteiger partial charge in [-0.2, -0.15) is 0 Å². The maximum absolute atomic E-state index is 2.57. The summed E-state index contributed by atoms with van der Waals surface area (Å²) < 4.78 is 0. The molecule has 0 aliphatic heterocycles. The van der Waals surface area contributed by atoms with E-state index in [0.717, 1.165) is 12.1 Å². The lowest BCUT2D eigenvalue weighted by Gasteiger charge is -2.32. The van der Waals surface area contributed by atoms with E-state index in [0.29, 0.717) is 0 Å². The fraction of sp³-hybridized carbons (Fsp3) is 1.00. The zero-order valence-electron chi connectivity index (χ0n) is 8.72. The van der Waals surface area contributed by atoms with Gasteiger partial charge in [-0.05, 0) is 24.9 Å². The topological polar surface area (TPSA) is 3.24 Å². The molecule has 0 aromatic rings. The molecule has 0 rings (SSSR count). The molecule has 0 heterocycles. The van der Waals surface area contributed by atoms with Gasteiger partial charge >= 0.3 is 0 Å². The van der Waals surface area contributed by atoms with E-state index >= 15 is 0 Å². The van der Waals surface area contributed by atoms with E-state index in [-0.39, 0.29) is 0 Å². The average molecular weight is 153 g/mol. The Balaban J connectivity index is 3.92. The first-order chi connectivity index (χ1) is 5.17. The van der Waals surface area contributed by atoms with E-state index in [2.05, 4.69) is 40.2 Å². The molecule has 0 spiro atoms. The molecular weight excluding hydrogens is 132 g/mol. The van der Waals surface area contributed by atoms with E-state index in [4.69, 9.17) is 0 Å². The Morgan fingerprint density at radius 2 is 1.55 bits per heavy atom. The Morgan fingerprint density at radius 3 is 1.73 bits per heavy atom. The van der Waals surface area contributed by atoms with E-state index in [9.17, 15) is 0 Å². The number of hydrogen-bond donors (Lipinski definition) is 0. The molecule has 1 nitrogen and oxygen atoms in total. The maximum atomic E-state index is 2.57. The lowest BCUT2D eigenvalue weighted by molar-refractivity contribution is 0.273. The molecule has 2 atom stereocenters. The molecule has 2 unspecified atom stereocenters. The van der Waals surface area contributed by atoms with Crippen molar-refractivity contribution in [3.8, 4) is 0 Å². The summed E-state index contributed by atoms with van der Waals surface area (Å²) in [5.74, 6) is 0. The highest BCUT2D eigenvalue weighted by Crippen LogP contribution is 2.08. The molecule has 0 amide bonds. The van der Waals surface area contributed by atoms with Crippen LogP contribution in [0.2, 0.25) is 0 Å². The molecule has 11 heavy (non-hydrogen) atoms. The van der Waals surface area contributed by atoms with Crippen molar-refractivity contribution in [2.45, 2.75) is 52.6 Å². The summed E-state index contributed by atoms with van der Waals surface area (Å²) >= 11 is 0. The van der Waals surface area contributed by atoms with E-state index in [1.807, 2.05) is 0 Å². The van der Waals surface area contributed by atoms with Crippen LogP contribution in [-0.4, -0.2) is 31.9 Å². The smallest absolute Gasteiger partial charge is 0.161 e. The van der Waals surface area contributed by atoms with Crippen molar-refractivity contribution in [1.82, 2.24) is 4.81 Å². The van der Waals surface area contributed by atoms with Crippen LogP contribution in [0.1, 0.15) is 40.5 Å². The monoisotopic (exact) mass is 153 g/mol. The molecule has 0 aromatic carbocycles. The van der Waals surface area contributed by atoms with E-state index in [1.54, 1.807) is 0 Å². The summed E-state index contributed by atoms with van der Waals surface area (Å²) in [4.78, 5) is 2.57. The summed E-state index contributed by atoms with van der Waals surface area (Å²) in [5.41, 5.74) is 0. The fourth-order valence-corrected chi connectivity index (χ4v) is 1.53. The Kier molecular flexibility index (Phi) is 5.75. The minimum Gasteiger partial charge on any atom is -0.348 e. The molecule has 0 N–H and O–H groups in total. The Hall–Kier alpha value is 0.0899. The van der Waals surface area contributed by atoms with Crippen LogP contribution in [0.5, 0.6) is 0 Å². The van der Waals surface area contributed by atoms with Crippen LogP contribution in [0.3, 0.4) is 0 Å². The second kappa shape index (κ2) is 5.70. The van der Waals surface area contributed by atoms with Crippen molar-refractivity contribution in [1.29, 1.82) is 0 Å². The van der Waals surface area contributed by atoms with Crippen molar-refractivity contribution in [3.63, 3.8) is 0 Å². The molecular formula is C8H21B2N. The second-order valence-electron chi connectivity index (χ2n) is 3.34. The van der Waals surface area contributed by atoms with Gasteiger partial charge in [0.15, 0.2) is 7.31 Å². The minimum atomic E-state index is 0.745. The van der Waals surface area contributed by atoms with Crippen LogP contribution < -0.4 is 0 Å². The molecule has 0 bridgehead atoms. The molecule has 0 saturated carbocycles. The average Bonchev–Trinajstić information content (AvgIpc) is 2.05. The summed E-state index contributed by atoms with van der Waals surface area (Å²) in [6.07, 6.45) is 2.52. The predicted molar refractivity (Wildman–Crippen MR) is 57.0 cm³/mol. The highest BCUT2D eigenvalue weighted by Gasteiger charge is 2.14. The van der Waals surface area contributed by atoms with Crippen molar-refractivity contribution >= 4 is 15.0 Å². The largest absolute Gasteiger partial charge is 0.348 e. The molecule has 0 aliphatic rings. The van der Waals surface area contributed by atoms with Crippen molar-refractivity contribution < 1.29 is 0 Å². The van der Waals surface area contributed by atoms with Gasteiger partial charge in [-0.15, -0.1) is 0 Å². The van der Waals surface area contributed by atoms with E-state index < -0.39 is 0 Å². The van der Waals surface area contributed by atoms with Gasteiger partial charge in [-0.25, -0.2) is 0 Å². The second-order valence-corrected chi connectivity index (χ2v) is 3.34. The van der Waals surface area contributed by atoms with Crippen LogP contribution in [0.25, 0.3) is 0 Å². The lowest BCUT2D eigenvalue weighted by atomic mass is 9.63. The minimum absolute atomic E-state index is 0.745. The molecule has 3 heteroatoms. The van der Waals surface area contributed by atoms with Crippen LogP contribution in [0, 0.1) is 0 Å². The third-order valence-electron chi connectivity index (χ3n) is 2.68. The number of rotatable bonds is 5. The van der Waals surface area contributed by atoms with E-state index in [1.165, 1.54) is 20.1 Å². The highest BCUT2D eigenvalue weighted by atomic mass is 15.1. The molecule has 0 saturated heterocycles. The van der Waals surface area contributed by atoms with Gasteiger partial charge in [0, 0.05) is 0 Å². The first-order valence-electron chi connectivity index (χ1n) is 4.93. The Morgan fingerprint density at radius 1 is 1.18 bits per heavy atom. The molecule has 0 fully saturated rings. The molecule has 0 radical (unpaired) electrons. The highest BCUT2D eigenvalue weighted by molar-refractivity contribution is 6.87. The summed E-state index contributed by atoms with van der Waals surface area (Å²) in [7, 11) is 3.43. The first kappa shape index (κ1) is 11.1. The normalized spacial score (nSPS) is 16.5. The SMILES string of the molecule is BBN(C(C)CC)C(C)CC. The van der Waals surface area contributed by atoms with Crippen molar-refractivity contribution in [3.05, 3.63) is 0 Å². The zero-order chi connectivity index (χ0) is 8.85. The fourth-order valence-electron chi connectivity index (χ4n) is 1.53. The Labute approximate surface area is 73.2 Å². The predicted octanol–water partition coefficient (Wildman–Crippen LogP) is 0.785. The third-order valence-corrected chi connectivity index (χ3v) is 2.68. The number of nitrogens with zero attached hydrogens (tertiary/aromatic N) is 1. The standard InChI is InChI=1S/C8H21B2N/c1-5-7(3)11(10-9)8(4)6-2/h7-8,10H,5-6,9H2,1-4H3. The van der Waals surface area contributed by atoms with Gasteiger partial charge in [0.2, 0.25) is 0 Å². The summed E-state index contributed by atoms with van der Waals surface area (Å²) in [6, 6.07) is 1.49. The lowest BCUT2D eigenvalue weighted by Crippen LogP contribution is -2.42. The zero-order valence-corrected chi connectivity index (χ0v) is 8.72. The van der Waals surface area contributed by atoms with Gasteiger partial charge in [0.25, 0.3) is 0 Å². The maximum Gasteiger partial charge on any atom is 0.161 e. The Bertz CT molecular complexity index is 88.1. The van der Waals surface area contributed by atoms with Gasteiger partial charge in [0.1, 0.15) is 0 Å². The van der Waals surface area contributed by atoms with Crippen LogP contribution >= 0.6 is 0 Å². The van der Waals surface area contributed by atoms with Crippen molar-refractivity contribution in [2.24, 2.45) is 0 Å². The van der Waals surface area contributed by atoms with Crippen LogP contribution in [0.4, 0.5) is 0 Å². The third kappa shape index (κ3) is 3.33. The van der Waals surface area contributed by atoms with Crippen molar-refractivity contribution in [2.75, 3.05) is 0 Å². The van der Waals surface area contributed by atoms with Gasteiger partial charge in [0.05, 0.1) is 7.74 Å². The quantitative estimate of drug-likeness (QED) is 0.527. The summed E-state index contributed by atoms with van der Waals surface area (Å²) in [6.45, 7) is 9.15. The van der Waals surface area contributed by atoms with Gasteiger partial charge in [-0.3, -0.25) is 0 Å². The van der Waals surface area contributed by atoms with Gasteiger partial charge < -0.3 is 4.81 Å². The molecule has 0 aliphatic carbocycles. The summed E-state index contributed by atoms with van der Waals surface area (Å²) in [5, 5.41) is 0. The molecule has 64 valence electrons. The van der Waals surface area contributed by atoms with Crippen LogP contribution in [-0.2, 0) is 0 Å². The molecule has 0 aromatic heterocycles. The van der Waals surface area contributed by atoms with Gasteiger partial charge in [-0.1, -0.05) is 27.7 Å². The first-order valence-corrected chi connectivity index (χ1v) is 4.93. The number of hydrogen-bond acceptors (Lipinski definition) is 1.